The molecule has 7 nitrogen and oxygen atoms in total. The molecule has 0 aromatic heterocycles. The number of allylic oxidation sites excluding steroid dienone is 1. The third-order valence-corrected chi connectivity index (χ3v) is 5.03. The summed E-state index contributed by atoms with van der Waals surface area (Å²) in [5.41, 5.74) is 1.04. The van der Waals surface area contributed by atoms with Crippen LogP contribution in [0.3, 0.4) is 0 Å². The van der Waals surface area contributed by atoms with Gasteiger partial charge in [0.05, 0.1) is 11.6 Å². The van der Waals surface area contributed by atoms with Gasteiger partial charge in [0.15, 0.2) is 0 Å². The van der Waals surface area contributed by atoms with E-state index in [1.807, 2.05) is 23.2 Å². The molecular formula is C17H22N6O. The van der Waals surface area contributed by atoms with Crippen LogP contribution in [0.4, 0.5) is 0 Å². The van der Waals surface area contributed by atoms with E-state index in [-0.39, 0.29) is 17.9 Å². The minimum absolute atomic E-state index is 0.0390. The Kier molecular flexibility index (Phi) is 4.65. The fraction of sp³-hybridized carbons (Fsp3) is 0.529. The van der Waals surface area contributed by atoms with E-state index in [1.165, 1.54) is 11.9 Å². The van der Waals surface area contributed by atoms with Crippen molar-refractivity contribution < 1.29 is 4.79 Å². The molecule has 1 spiro atoms. The van der Waals surface area contributed by atoms with Gasteiger partial charge in [-0.2, -0.15) is 5.26 Å². The highest BCUT2D eigenvalue weighted by atomic mass is 16.2. The number of hydrogen-bond donors (Lipinski definition) is 1. The predicted octanol–water partition coefficient (Wildman–Crippen LogP) is 1.02. The van der Waals surface area contributed by atoms with E-state index in [2.05, 4.69) is 26.9 Å². The van der Waals surface area contributed by atoms with Crippen LogP contribution < -0.4 is 5.32 Å². The van der Waals surface area contributed by atoms with Gasteiger partial charge >= 0.3 is 0 Å². The summed E-state index contributed by atoms with van der Waals surface area (Å²) >= 11 is 0. The van der Waals surface area contributed by atoms with Gasteiger partial charge in [-0.1, -0.05) is 0 Å². The van der Waals surface area contributed by atoms with Gasteiger partial charge in [-0.25, -0.2) is 4.99 Å². The van der Waals surface area contributed by atoms with Crippen LogP contribution in [0.15, 0.2) is 33.7 Å². The van der Waals surface area contributed by atoms with Crippen molar-refractivity contribution in [2.75, 3.05) is 26.2 Å². The minimum atomic E-state index is -0.131. The van der Waals surface area contributed by atoms with E-state index in [9.17, 15) is 4.79 Å². The van der Waals surface area contributed by atoms with Crippen molar-refractivity contribution in [3.8, 4) is 6.07 Å². The first-order valence-corrected chi connectivity index (χ1v) is 8.24. The Balaban J connectivity index is 1.80. The topological polar surface area (TPSA) is 84.1 Å². The molecule has 3 heterocycles. The molecule has 126 valence electrons. The van der Waals surface area contributed by atoms with Gasteiger partial charge < -0.3 is 15.1 Å². The van der Waals surface area contributed by atoms with Crippen LogP contribution in [0.5, 0.6) is 0 Å². The van der Waals surface area contributed by atoms with Crippen LogP contribution in [0.1, 0.15) is 25.7 Å². The second-order valence-corrected chi connectivity index (χ2v) is 6.34. The van der Waals surface area contributed by atoms with Gasteiger partial charge in [-0.15, -0.1) is 0 Å². The Morgan fingerprint density at radius 1 is 1.50 bits per heavy atom. The fourth-order valence-electron chi connectivity index (χ4n) is 3.74. The summed E-state index contributed by atoms with van der Waals surface area (Å²) in [6.07, 6.45) is 8.23. The van der Waals surface area contributed by atoms with Gasteiger partial charge in [-0.3, -0.25) is 9.79 Å². The molecule has 0 aromatic rings. The summed E-state index contributed by atoms with van der Waals surface area (Å²) in [6, 6.07) is 1.96. The van der Waals surface area contributed by atoms with Crippen molar-refractivity contribution in [2.24, 2.45) is 9.98 Å². The Bertz CT molecular complexity index is 658. The molecule has 0 radical (unpaired) electrons. The highest BCUT2D eigenvalue weighted by Crippen LogP contribution is 2.41. The molecule has 1 N–H and O–H groups in total. The summed E-state index contributed by atoms with van der Waals surface area (Å²) in [4.78, 5) is 24.5. The van der Waals surface area contributed by atoms with E-state index in [4.69, 9.17) is 5.26 Å². The van der Waals surface area contributed by atoms with Crippen LogP contribution in [-0.2, 0) is 4.79 Å². The average Bonchev–Trinajstić information content (AvgIpc) is 3.03. The summed E-state index contributed by atoms with van der Waals surface area (Å²) in [7, 11) is 0. The lowest BCUT2D eigenvalue weighted by Gasteiger charge is -2.50. The number of nitrogens with one attached hydrogen (secondary N) is 1. The number of aliphatic imine (C=N–C) groups is 2. The van der Waals surface area contributed by atoms with E-state index in [0.717, 1.165) is 51.3 Å². The molecule has 1 atom stereocenters. The van der Waals surface area contributed by atoms with Crippen molar-refractivity contribution >= 4 is 19.0 Å². The molecule has 0 bridgehead atoms. The van der Waals surface area contributed by atoms with Gasteiger partial charge in [0.2, 0.25) is 5.91 Å². The van der Waals surface area contributed by atoms with Gasteiger partial charge in [0.1, 0.15) is 18.6 Å². The van der Waals surface area contributed by atoms with Crippen molar-refractivity contribution in [2.45, 2.75) is 31.2 Å². The van der Waals surface area contributed by atoms with Crippen LogP contribution in [0, 0.1) is 11.3 Å². The highest BCUT2D eigenvalue weighted by Gasteiger charge is 2.51. The smallest absolute Gasteiger partial charge is 0.237 e. The normalized spacial score (nSPS) is 27.8. The molecule has 3 rings (SSSR count). The lowest BCUT2D eigenvalue weighted by atomic mass is 9.83. The maximum atomic E-state index is 12.1. The lowest BCUT2D eigenvalue weighted by Crippen LogP contribution is -2.63. The molecule has 3 aliphatic rings. The van der Waals surface area contributed by atoms with Crippen molar-refractivity contribution in [3.63, 3.8) is 0 Å². The van der Waals surface area contributed by atoms with E-state index < -0.39 is 0 Å². The molecule has 2 fully saturated rings. The summed E-state index contributed by atoms with van der Waals surface area (Å²) in [6.45, 7) is 6.72. The fourth-order valence-corrected chi connectivity index (χ4v) is 3.74. The molecule has 0 aliphatic carbocycles. The Labute approximate surface area is 142 Å². The number of nitrogens with zero attached hydrogens (tertiary/aromatic N) is 5. The second kappa shape index (κ2) is 6.87. The summed E-state index contributed by atoms with van der Waals surface area (Å²) < 4.78 is 0. The number of nitriles is 1. The van der Waals surface area contributed by atoms with Crippen LogP contribution in [0.25, 0.3) is 0 Å². The largest absolute Gasteiger partial charge is 0.391 e. The first kappa shape index (κ1) is 16.2. The first-order chi connectivity index (χ1) is 11.7. The average molecular weight is 326 g/mol. The van der Waals surface area contributed by atoms with E-state index in [1.54, 1.807) is 0 Å². The lowest BCUT2D eigenvalue weighted by molar-refractivity contribution is -0.145. The Hall–Kier alpha value is -2.62. The van der Waals surface area contributed by atoms with Crippen molar-refractivity contribution in [1.82, 2.24) is 15.1 Å². The second-order valence-electron chi connectivity index (χ2n) is 6.34. The maximum Gasteiger partial charge on any atom is 0.237 e. The molecule has 0 saturated carbocycles. The molecule has 3 aliphatic heterocycles. The Morgan fingerprint density at radius 2 is 2.33 bits per heavy atom. The highest BCUT2D eigenvalue weighted by molar-refractivity contribution is 5.80. The SMILES string of the molecule is C=NC=N/C(=C1/C=CNCC1)N1CCC2(CCN2C(=O)CC#N)C1. The predicted molar refractivity (Wildman–Crippen MR) is 92.3 cm³/mol. The summed E-state index contributed by atoms with van der Waals surface area (Å²) in [5.74, 6) is 0.856. The van der Waals surface area contributed by atoms with E-state index in [0.29, 0.717) is 0 Å². The van der Waals surface area contributed by atoms with Gasteiger partial charge in [0, 0.05) is 26.2 Å². The minimum Gasteiger partial charge on any atom is -0.391 e. The zero-order chi connectivity index (χ0) is 17.0. The molecule has 1 unspecified atom stereocenters. The number of amides is 1. The van der Waals surface area contributed by atoms with Gasteiger partial charge in [-0.05, 0) is 43.8 Å². The number of hydrogen-bond acceptors (Lipinski definition) is 5. The quantitative estimate of drug-likeness (QED) is 0.617. The molecular weight excluding hydrogens is 304 g/mol. The summed E-state index contributed by atoms with van der Waals surface area (Å²) in [5, 5.41) is 12.0. The first-order valence-electron chi connectivity index (χ1n) is 8.24. The molecule has 0 aromatic carbocycles. The molecule has 7 heteroatoms. The van der Waals surface area contributed by atoms with E-state index >= 15 is 0 Å². The zero-order valence-electron chi connectivity index (χ0n) is 13.7. The molecule has 24 heavy (non-hydrogen) atoms. The van der Waals surface area contributed by atoms with Crippen LogP contribution >= 0.6 is 0 Å². The standard InChI is InChI=1S/C17H22N6O/c1-19-13-21-16(14-3-8-20-9-4-14)22-10-5-17(12-22)6-11-23(17)15(24)2-7-18/h3,8,13,20H,1-2,4-6,9-12H2/b16-14+,21-13?. The molecule has 2 saturated heterocycles. The number of rotatable bonds is 4. The molecule has 1 amide bonds. The zero-order valence-corrected chi connectivity index (χ0v) is 13.7. The number of likely N-dealkylation sites (tertiary alicyclic amines) is 2. The third kappa shape index (κ3) is 2.92. The van der Waals surface area contributed by atoms with Crippen molar-refractivity contribution in [1.29, 1.82) is 5.26 Å². The van der Waals surface area contributed by atoms with Crippen LogP contribution in [0.2, 0.25) is 0 Å². The maximum absolute atomic E-state index is 12.1. The van der Waals surface area contributed by atoms with Gasteiger partial charge in [0.25, 0.3) is 0 Å². The number of carbonyl (C=O) groups is 1. The monoisotopic (exact) mass is 326 g/mol. The number of carbonyl (C=O) groups excluding carboxylic acids is 1. The third-order valence-electron chi connectivity index (χ3n) is 5.03. The van der Waals surface area contributed by atoms with Crippen molar-refractivity contribution in [3.05, 3.63) is 23.7 Å². The Morgan fingerprint density at radius 3 is 2.96 bits per heavy atom. The van der Waals surface area contributed by atoms with Crippen LogP contribution in [-0.4, -0.2) is 60.5 Å².